The lowest BCUT2D eigenvalue weighted by molar-refractivity contribution is 0.0949. The van der Waals surface area contributed by atoms with Crippen molar-refractivity contribution < 1.29 is 13.2 Å². The molecule has 0 radical (unpaired) electrons. The van der Waals surface area contributed by atoms with Crippen LogP contribution in [0.1, 0.15) is 43.5 Å². The van der Waals surface area contributed by atoms with Gasteiger partial charge in [0.1, 0.15) is 0 Å². The summed E-state index contributed by atoms with van der Waals surface area (Å²) in [5.74, 6) is 0.119. The van der Waals surface area contributed by atoms with E-state index in [9.17, 15) is 13.2 Å². The normalized spacial score (nSPS) is 16.7. The summed E-state index contributed by atoms with van der Waals surface area (Å²) in [6.07, 6.45) is 2.87. The largest absolute Gasteiger partial charge is 0.352 e. The molecule has 1 aromatic carbocycles. The molecule has 0 aromatic heterocycles. The van der Waals surface area contributed by atoms with Gasteiger partial charge in [0.15, 0.2) is 0 Å². The van der Waals surface area contributed by atoms with Gasteiger partial charge in [-0.05, 0) is 37.0 Å². The highest BCUT2D eigenvalue weighted by Gasteiger charge is 2.26. The summed E-state index contributed by atoms with van der Waals surface area (Å²) in [5, 5.41) is 2.81. The van der Waals surface area contributed by atoms with Crippen molar-refractivity contribution in [3.05, 3.63) is 29.8 Å². The summed E-state index contributed by atoms with van der Waals surface area (Å²) in [4.78, 5) is 12.3. The van der Waals surface area contributed by atoms with Gasteiger partial charge in [-0.25, -0.2) is 8.42 Å². The van der Waals surface area contributed by atoms with Crippen molar-refractivity contribution in [2.24, 2.45) is 5.92 Å². The fourth-order valence-electron chi connectivity index (χ4n) is 2.45. The van der Waals surface area contributed by atoms with E-state index >= 15 is 0 Å². The molecule has 1 N–H and O–H groups in total. The Labute approximate surface area is 132 Å². The van der Waals surface area contributed by atoms with Gasteiger partial charge < -0.3 is 5.32 Å². The molecular formula is C16H24N2O3S. The predicted molar refractivity (Wildman–Crippen MR) is 86.2 cm³/mol. The number of carbonyl (C=O) groups excluding carboxylic acids is 1. The monoisotopic (exact) mass is 324 g/mol. The number of piperidine rings is 1. The first kappa shape index (κ1) is 17.0. The van der Waals surface area contributed by atoms with Crippen LogP contribution < -0.4 is 5.32 Å². The first-order valence-electron chi connectivity index (χ1n) is 7.79. The molecule has 0 unspecified atom stereocenters. The van der Waals surface area contributed by atoms with Crippen LogP contribution in [0.2, 0.25) is 0 Å². The molecule has 1 amide bonds. The van der Waals surface area contributed by atoms with Crippen LogP contribution >= 0.6 is 0 Å². The Balaban J connectivity index is 2.18. The molecule has 0 spiro atoms. The number of amides is 1. The molecule has 1 heterocycles. The molecule has 1 fully saturated rings. The highest BCUT2D eigenvalue weighted by atomic mass is 32.2. The predicted octanol–water partition coefficient (Wildman–Crippen LogP) is 2.25. The number of carbonyl (C=O) groups is 1. The van der Waals surface area contributed by atoms with Gasteiger partial charge in [-0.2, -0.15) is 4.31 Å². The second-order valence-corrected chi connectivity index (χ2v) is 8.03. The molecule has 0 atom stereocenters. The highest BCUT2D eigenvalue weighted by Crippen LogP contribution is 2.21. The van der Waals surface area contributed by atoms with Crippen molar-refractivity contribution in [2.75, 3.05) is 19.6 Å². The first-order valence-corrected chi connectivity index (χ1v) is 9.23. The van der Waals surface area contributed by atoms with Crippen LogP contribution in [0.15, 0.2) is 29.2 Å². The summed E-state index contributed by atoms with van der Waals surface area (Å²) in [6, 6.07) is 6.30. The minimum Gasteiger partial charge on any atom is -0.352 e. The number of benzene rings is 1. The third kappa shape index (κ3) is 4.08. The molecule has 6 heteroatoms. The quantitative estimate of drug-likeness (QED) is 0.903. The summed E-state index contributed by atoms with van der Waals surface area (Å²) in [5.41, 5.74) is 0.388. The van der Waals surface area contributed by atoms with Gasteiger partial charge in [-0.3, -0.25) is 4.79 Å². The molecule has 0 bridgehead atoms. The summed E-state index contributed by atoms with van der Waals surface area (Å²) in [7, 11) is -3.50. The van der Waals surface area contributed by atoms with E-state index in [0.29, 0.717) is 31.1 Å². The van der Waals surface area contributed by atoms with E-state index in [-0.39, 0.29) is 10.8 Å². The molecule has 1 aromatic rings. The maximum atomic E-state index is 12.6. The van der Waals surface area contributed by atoms with Gasteiger partial charge in [0.2, 0.25) is 10.0 Å². The lowest BCUT2D eigenvalue weighted by Gasteiger charge is -2.26. The van der Waals surface area contributed by atoms with E-state index in [1.807, 2.05) is 13.8 Å². The number of hydrogen-bond acceptors (Lipinski definition) is 3. The molecule has 5 nitrogen and oxygen atoms in total. The Morgan fingerprint density at radius 3 is 2.55 bits per heavy atom. The molecule has 22 heavy (non-hydrogen) atoms. The van der Waals surface area contributed by atoms with Gasteiger partial charge in [0.25, 0.3) is 5.91 Å². The van der Waals surface area contributed by atoms with E-state index in [1.54, 1.807) is 18.2 Å². The molecular weight excluding hydrogens is 300 g/mol. The molecule has 1 saturated heterocycles. The van der Waals surface area contributed by atoms with Crippen molar-refractivity contribution in [3.8, 4) is 0 Å². The lowest BCUT2D eigenvalue weighted by Crippen LogP contribution is -2.35. The van der Waals surface area contributed by atoms with Gasteiger partial charge in [0, 0.05) is 25.2 Å². The summed E-state index contributed by atoms with van der Waals surface area (Å²) in [6.45, 7) is 5.72. The summed E-state index contributed by atoms with van der Waals surface area (Å²) < 4.78 is 26.8. The van der Waals surface area contributed by atoms with Crippen LogP contribution in [0.25, 0.3) is 0 Å². The number of rotatable bonds is 5. The van der Waals surface area contributed by atoms with Crippen LogP contribution in [0.3, 0.4) is 0 Å². The zero-order valence-corrected chi connectivity index (χ0v) is 14.0. The maximum Gasteiger partial charge on any atom is 0.251 e. The summed E-state index contributed by atoms with van der Waals surface area (Å²) >= 11 is 0. The van der Waals surface area contributed by atoms with E-state index in [2.05, 4.69) is 5.32 Å². The van der Waals surface area contributed by atoms with Crippen molar-refractivity contribution in [1.29, 1.82) is 0 Å². The zero-order valence-electron chi connectivity index (χ0n) is 13.2. The third-order valence-corrected chi connectivity index (χ3v) is 5.61. The van der Waals surface area contributed by atoms with Gasteiger partial charge >= 0.3 is 0 Å². The Morgan fingerprint density at radius 1 is 1.23 bits per heavy atom. The Kier molecular flexibility index (Phi) is 5.58. The first-order chi connectivity index (χ1) is 10.4. The van der Waals surface area contributed by atoms with Crippen LogP contribution in [0.5, 0.6) is 0 Å². The molecule has 1 aliphatic rings. The van der Waals surface area contributed by atoms with Gasteiger partial charge in [0.05, 0.1) is 4.90 Å². The average Bonchev–Trinajstić information content (AvgIpc) is 2.53. The van der Waals surface area contributed by atoms with Gasteiger partial charge in [-0.1, -0.05) is 26.3 Å². The topological polar surface area (TPSA) is 66.5 Å². The minimum absolute atomic E-state index is 0.201. The van der Waals surface area contributed by atoms with E-state index in [1.165, 1.54) is 10.4 Å². The van der Waals surface area contributed by atoms with Gasteiger partial charge in [-0.15, -0.1) is 0 Å². The van der Waals surface area contributed by atoms with Crippen molar-refractivity contribution in [3.63, 3.8) is 0 Å². The Hall–Kier alpha value is -1.40. The molecule has 1 aliphatic heterocycles. The van der Waals surface area contributed by atoms with E-state index in [4.69, 9.17) is 0 Å². The lowest BCUT2D eigenvalue weighted by atomic mass is 10.2. The number of nitrogens with zero attached hydrogens (tertiary/aromatic N) is 1. The minimum atomic E-state index is -3.50. The fourth-order valence-corrected chi connectivity index (χ4v) is 4.01. The Morgan fingerprint density at radius 2 is 1.91 bits per heavy atom. The van der Waals surface area contributed by atoms with Crippen LogP contribution in [-0.2, 0) is 10.0 Å². The fraction of sp³-hybridized carbons (Fsp3) is 0.562. The number of hydrogen-bond donors (Lipinski definition) is 1. The van der Waals surface area contributed by atoms with Crippen molar-refractivity contribution in [2.45, 2.75) is 38.0 Å². The number of sulfonamides is 1. The third-order valence-electron chi connectivity index (χ3n) is 3.72. The SMILES string of the molecule is CC(C)CNC(=O)c1cccc(S(=O)(=O)N2CCCCC2)c1. The van der Waals surface area contributed by atoms with Crippen LogP contribution in [-0.4, -0.2) is 38.3 Å². The second kappa shape index (κ2) is 7.24. The molecule has 0 aliphatic carbocycles. The molecule has 0 saturated carbocycles. The van der Waals surface area contributed by atoms with Crippen LogP contribution in [0.4, 0.5) is 0 Å². The van der Waals surface area contributed by atoms with Crippen molar-refractivity contribution in [1.82, 2.24) is 9.62 Å². The van der Waals surface area contributed by atoms with Crippen molar-refractivity contribution >= 4 is 15.9 Å². The Bertz CT molecular complexity index is 620. The zero-order chi connectivity index (χ0) is 16.2. The smallest absolute Gasteiger partial charge is 0.251 e. The highest BCUT2D eigenvalue weighted by molar-refractivity contribution is 7.89. The average molecular weight is 324 g/mol. The van der Waals surface area contributed by atoms with E-state index < -0.39 is 10.0 Å². The van der Waals surface area contributed by atoms with Crippen LogP contribution in [0, 0.1) is 5.92 Å². The molecule has 122 valence electrons. The molecule has 2 rings (SSSR count). The number of nitrogens with one attached hydrogen (secondary N) is 1. The standard InChI is InChI=1S/C16H24N2O3S/c1-13(2)12-17-16(19)14-7-6-8-15(11-14)22(20,21)18-9-4-3-5-10-18/h6-8,11,13H,3-5,9-10,12H2,1-2H3,(H,17,19). The second-order valence-electron chi connectivity index (χ2n) is 6.10. The maximum absolute atomic E-state index is 12.6. The van der Waals surface area contributed by atoms with E-state index in [0.717, 1.165) is 19.3 Å².